The number of hydrogen-bond acceptors (Lipinski definition) is 1. The Morgan fingerprint density at radius 1 is 1.27 bits per heavy atom. The smallest absolute Gasteiger partial charge is 0.0140 e. The second-order valence-corrected chi connectivity index (χ2v) is 4.25. The molecule has 0 bridgehead atoms. The lowest BCUT2D eigenvalue weighted by Gasteiger charge is -2.05. The lowest BCUT2D eigenvalue weighted by atomic mass is 10.0. The summed E-state index contributed by atoms with van der Waals surface area (Å²) in [6.45, 7) is 9.58. The fourth-order valence-corrected chi connectivity index (χ4v) is 1.44. The van der Waals surface area contributed by atoms with Gasteiger partial charge in [0.2, 0.25) is 0 Å². The van der Waals surface area contributed by atoms with E-state index >= 15 is 0 Å². The Labute approximate surface area is 93.2 Å². The van der Waals surface area contributed by atoms with Gasteiger partial charge in [-0.15, -0.1) is 0 Å². The molecular weight excluding hydrogens is 182 g/mol. The molecular formula is C14H21N. The molecule has 0 saturated heterocycles. The molecule has 15 heavy (non-hydrogen) atoms. The molecule has 0 radical (unpaired) electrons. The van der Waals surface area contributed by atoms with Gasteiger partial charge >= 0.3 is 0 Å². The van der Waals surface area contributed by atoms with Crippen LogP contribution in [0, 0.1) is 13.8 Å². The van der Waals surface area contributed by atoms with E-state index in [1.165, 1.54) is 16.7 Å². The Morgan fingerprint density at radius 2 is 2.00 bits per heavy atom. The number of rotatable bonds is 4. The van der Waals surface area contributed by atoms with Crippen molar-refractivity contribution in [3.05, 3.63) is 41.0 Å². The van der Waals surface area contributed by atoms with Crippen LogP contribution in [0.5, 0.6) is 0 Å². The van der Waals surface area contributed by atoms with Gasteiger partial charge in [-0.3, -0.25) is 0 Å². The maximum absolute atomic E-state index is 3.36. The van der Waals surface area contributed by atoms with E-state index in [0.717, 1.165) is 6.54 Å². The quantitative estimate of drug-likeness (QED) is 0.791. The average molecular weight is 203 g/mol. The predicted octanol–water partition coefficient (Wildman–Crippen LogP) is 3.31. The fourth-order valence-electron chi connectivity index (χ4n) is 1.44. The van der Waals surface area contributed by atoms with Crippen molar-refractivity contribution in [2.75, 3.05) is 6.54 Å². The third-order valence-corrected chi connectivity index (χ3v) is 2.59. The van der Waals surface area contributed by atoms with E-state index in [0.29, 0.717) is 6.04 Å². The maximum Gasteiger partial charge on any atom is 0.0140 e. The zero-order valence-electron chi connectivity index (χ0n) is 10.2. The number of benzene rings is 1. The molecule has 1 heteroatoms. The maximum atomic E-state index is 3.36. The van der Waals surface area contributed by atoms with Crippen LogP contribution in [-0.2, 0) is 0 Å². The van der Waals surface area contributed by atoms with E-state index in [4.69, 9.17) is 0 Å². The number of hydrogen-bond donors (Lipinski definition) is 1. The summed E-state index contributed by atoms with van der Waals surface area (Å²) in [7, 11) is 0. The monoisotopic (exact) mass is 203 g/mol. The van der Waals surface area contributed by atoms with Crippen LogP contribution in [0.1, 0.15) is 30.5 Å². The normalized spacial score (nSPS) is 11.5. The van der Waals surface area contributed by atoms with Crippen LogP contribution < -0.4 is 5.32 Å². The highest BCUT2D eigenvalue weighted by atomic mass is 14.9. The minimum atomic E-state index is 0.549. The highest BCUT2D eigenvalue weighted by molar-refractivity contribution is 5.55. The summed E-state index contributed by atoms with van der Waals surface area (Å²) >= 11 is 0. The van der Waals surface area contributed by atoms with Crippen molar-refractivity contribution in [2.24, 2.45) is 0 Å². The molecule has 0 unspecified atom stereocenters. The van der Waals surface area contributed by atoms with Crippen LogP contribution in [0.25, 0.3) is 6.08 Å². The van der Waals surface area contributed by atoms with Crippen molar-refractivity contribution in [3.8, 4) is 0 Å². The van der Waals surface area contributed by atoms with Crippen LogP contribution in [0.3, 0.4) is 0 Å². The van der Waals surface area contributed by atoms with Crippen LogP contribution in [0.2, 0.25) is 0 Å². The predicted molar refractivity (Wildman–Crippen MR) is 68.1 cm³/mol. The van der Waals surface area contributed by atoms with Gasteiger partial charge in [-0.1, -0.05) is 44.2 Å². The lowest BCUT2D eigenvalue weighted by molar-refractivity contribution is 0.633. The highest BCUT2D eigenvalue weighted by Crippen LogP contribution is 2.13. The molecule has 82 valence electrons. The molecule has 0 amide bonds. The molecule has 0 saturated carbocycles. The Morgan fingerprint density at radius 3 is 2.67 bits per heavy atom. The summed E-state index contributed by atoms with van der Waals surface area (Å²) < 4.78 is 0. The Hall–Kier alpha value is -1.08. The summed E-state index contributed by atoms with van der Waals surface area (Å²) in [6.07, 6.45) is 4.37. The Kier molecular flexibility index (Phi) is 4.57. The van der Waals surface area contributed by atoms with Crippen molar-refractivity contribution in [3.63, 3.8) is 0 Å². The SMILES string of the molecule is Cc1cccc(C=CCNC(C)C)c1C. The van der Waals surface area contributed by atoms with E-state index in [9.17, 15) is 0 Å². The molecule has 0 spiro atoms. The molecule has 0 aliphatic heterocycles. The van der Waals surface area contributed by atoms with E-state index in [1.54, 1.807) is 0 Å². The zero-order chi connectivity index (χ0) is 11.3. The van der Waals surface area contributed by atoms with Gasteiger partial charge in [-0.05, 0) is 30.5 Å². The largest absolute Gasteiger partial charge is 0.311 e. The standard InChI is InChI=1S/C14H21N/c1-11(2)15-10-6-9-14-8-5-7-12(3)13(14)4/h5-9,11,15H,10H2,1-4H3. The highest BCUT2D eigenvalue weighted by Gasteiger charge is 1.95. The van der Waals surface area contributed by atoms with Gasteiger partial charge in [-0.2, -0.15) is 0 Å². The van der Waals surface area contributed by atoms with Gasteiger partial charge in [0.25, 0.3) is 0 Å². The van der Waals surface area contributed by atoms with Gasteiger partial charge in [0.05, 0.1) is 0 Å². The first-order valence-corrected chi connectivity index (χ1v) is 5.57. The van der Waals surface area contributed by atoms with E-state index in [1.807, 2.05) is 0 Å². The molecule has 0 aliphatic carbocycles. The van der Waals surface area contributed by atoms with Crippen LogP contribution >= 0.6 is 0 Å². The van der Waals surface area contributed by atoms with Gasteiger partial charge < -0.3 is 5.32 Å². The summed E-state index contributed by atoms with van der Waals surface area (Å²) in [5.74, 6) is 0. The zero-order valence-corrected chi connectivity index (χ0v) is 10.2. The van der Waals surface area contributed by atoms with Crippen molar-refractivity contribution >= 4 is 6.08 Å². The Bertz CT molecular complexity index is 337. The molecule has 1 aromatic carbocycles. The van der Waals surface area contributed by atoms with Crippen molar-refractivity contribution < 1.29 is 0 Å². The molecule has 1 rings (SSSR count). The number of aryl methyl sites for hydroxylation is 1. The van der Waals surface area contributed by atoms with Crippen molar-refractivity contribution in [1.29, 1.82) is 0 Å². The fraction of sp³-hybridized carbons (Fsp3) is 0.429. The molecule has 1 aromatic rings. The molecule has 0 heterocycles. The first-order chi connectivity index (χ1) is 7.11. The minimum Gasteiger partial charge on any atom is -0.311 e. The average Bonchev–Trinajstić information content (AvgIpc) is 2.18. The summed E-state index contributed by atoms with van der Waals surface area (Å²) in [4.78, 5) is 0. The third kappa shape index (κ3) is 3.88. The van der Waals surface area contributed by atoms with Crippen molar-refractivity contribution in [1.82, 2.24) is 5.32 Å². The topological polar surface area (TPSA) is 12.0 Å². The minimum absolute atomic E-state index is 0.549. The molecule has 0 fully saturated rings. The lowest BCUT2D eigenvalue weighted by Crippen LogP contribution is -2.22. The molecule has 0 atom stereocenters. The second kappa shape index (κ2) is 5.72. The van der Waals surface area contributed by atoms with Crippen molar-refractivity contribution in [2.45, 2.75) is 33.7 Å². The first kappa shape index (κ1) is 12.0. The van der Waals surface area contributed by atoms with E-state index in [2.05, 4.69) is 63.4 Å². The van der Waals surface area contributed by atoms with Gasteiger partial charge in [-0.25, -0.2) is 0 Å². The molecule has 0 aromatic heterocycles. The second-order valence-electron chi connectivity index (χ2n) is 4.25. The summed E-state index contributed by atoms with van der Waals surface area (Å²) in [5.41, 5.74) is 4.05. The third-order valence-electron chi connectivity index (χ3n) is 2.59. The molecule has 0 aliphatic rings. The summed E-state index contributed by atoms with van der Waals surface area (Å²) in [6, 6.07) is 6.97. The number of nitrogens with one attached hydrogen (secondary N) is 1. The van der Waals surface area contributed by atoms with Gasteiger partial charge in [0, 0.05) is 12.6 Å². The first-order valence-electron chi connectivity index (χ1n) is 5.57. The van der Waals surface area contributed by atoms with Crippen LogP contribution in [0.4, 0.5) is 0 Å². The van der Waals surface area contributed by atoms with E-state index < -0.39 is 0 Å². The Balaban J connectivity index is 2.60. The van der Waals surface area contributed by atoms with Gasteiger partial charge in [0.15, 0.2) is 0 Å². The van der Waals surface area contributed by atoms with Crippen LogP contribution in [0.15, 0.2) is 24.3 Å². The molecule has 1 N–H and O–H groups in total. The summed E-state index contributed by atoms with van der Waals surface area (Å²) in [5, 5.41) is 3.36. The molecule has 1 nitrogen and oxygen atoms in total. The van der Waals surface area contributed by atoms with E-state index in [-0.39, 0.29) is 0 Å². The van der Waals surface area contributed by atoms with Crippen LogP contribution in [-0.4, -0.2) is 12.6 Å². The van der Waals surface area contributed by atoms with Gasteiger partial charge in [0.1, 0.15) is 0 Å².